The van der Waals surface area contributed by atoms with Gasteiger partial charge >= 0.3 is 0 Å². The minimum Gasteiger partial charge on any atom is -0.342 e. The number of carbonyl (C=O) groups is 2. The Labute approximate surface area is 203 Å². The number of carbonyl (C=O) groups excluding carboxylic acids is 2. The van der Waals surface area contributed by atoms with Crippen molar-refractivity contribution in [3.05, 3.63) is 58.9 Å². The molecule has 2 heterocycles. The van der Waals surface area contributed by atoms with Gasteiger partial charge in [0.1, 0.15) is 5.01 Å². The second-order valence-electron chi connectivity index (χ2n) is 8.49. The van der Waals surface area contributed by atoms with E-state index in [9.17, 15) is 9.59 Å². The SMILES string of the molecule is CN(C)CCCN1CC(C(=O)Nc2cccc(-c3csc(-c4ccccc4Cl)n3)c2)CC1=O. The van der Waals surface area contributed by atoms with E-state index in [2.05, 4.69) is 10.2 Å². The van der Waals surface area contributed by atoms with Gasteiger partial charge in [0.15, 0.2) is 0 Å². The zero-order valence-electron chi connectivity index (χ0n) is 18.8. The van der Waals surface area contributed by atoms with E-state index in [4.69, 9.17) is 16.6 Å². The Kier molecular flexibility index (Phi) is 7.42. The van der Waals surface area contributed by atoms with Crippen LogP contribution in [0.2, 0.25) is 5.02 Å². The first-order valence-corrected chi connectivity index (χ1v) is 12.2. The van der Waals surface area contributed by atoms with Crippen LogP contribution in [0.15, 0.2) is 53.9 Å². The molecule has 0 saturated carbocycles. The lowest BCUT2D eigenvalue weighted by atomic mass is 10.1. The molecule has 33 heavy (non-hydrogen) atoms. The maximum atomic E-state index is 12.8. The number of likely N-dealkylation sites (tertiary alicyclic amines) is 1. The number of amides is 2. The van der Waals surface area contributed by atoms with Crippen LogP contribution in [-0.2, 0) is 9.59 Å². The van der Waals surface area contributed by atoms with Gasteiger partial charge in [0, 0.05) is 41.7 Å². The van der Waals surface area contributed by atoms with Gasteiger partial charge in [-0.05, 0) is 45.3 Å². The molecule has 0 bridgehead atoms. The number of halogens is 1. The third-order valence-corrected chi connectivity index (χ3v) is 6.86. The Morgan fingerprint density at radius 1 is 1.24 bits per heavy atom. The van der Waals surface area contributed by atoms with E-state index in [0.717, 1.165) is 34.8 Å². The molecular formula is C25H27ClN4O2S. The van der Waals surface area contributed by atoms with Crippen LogP contribution in [-0.4, -0.2) is 60.3 Å². The van der Waals surface area contributed by atoms with Crippen LogP contribution >= 0.6 is 22.9 Å². The van der Waals surface area contributed by atoms with Crippen molar-refractivity contribution in [2.24, 2.45) is 5.92 Å². The smallest absolute Gasteiger partial charge is 0.229 e. The summed E-state index contributed by atoms with van der Waals surface area (Å²) in [7, 11) is 4.03. The van der Waals surface area contributed by atoms with Crippen LogP contribution in [0.4, 0.5) is 5.69 Å². The van der Waals surface area contributed by atoms with E-state index in [1.165, 1.54) is 11.3 Å². The number of anilines is 1. The largest absolute Gasteiger partial charge is 0.342 e. The zero-order chi connectivity index (χ0) is 23.4. The normalized spacial score (nSPS) is 15.9. The van der Waals surface area contributed by atoms with E-state index in [0.29, 0.717) is 23.8 Å². The van der Waals surface area contributed by atoms with Crippen molar-refractivity contribution in [3.63, 3.8) is 0 Å². The summed E-state index contributed by atoms with van der Waals surface area (Å²) < 4.78 is 0. The van der Waals surface area contributed by atoms with Gasteiger partial charge < -0.3 is 15.1 Å². The maximum Gasteiger partial charge on any atom is 0.229 e. The number of nitrogens with zero attached hydrogens (tertiary/aromatic N) is 3. The molecule has 1 aliphatic rings. The van der Waals surface area contributed by atoms with Crippen LogP contribution in [0.5, 0.6) is 0 Å². The molecule has 1 unspecified atom stereocenters. The topological polar surface area (TPSA) is 65.5 Å². The van der Waals surface area contributed by atoms with Gasteiger partial charge in [-0.25, -0.2) is 4.98 Å². The van der Waals surface area contributed by atoms with Crippen molar-refractivity contribution >= 4 is 40.4 Å². The summed E-state index contributed by atoms with van der Waals surface area (Å²) in [6, 6.07) is 15.3. The highest BCUT2D eigenvalue weighted by Crippen LogP contribution is 2.33. The van der Waals surface area contributed by atoms with Gasteiger partial charge in [-0.2, -0.15) is 0 Å². The molecule has 2 aromatic carbocycles. The summed E-state index contributed by atoms with van der Waals surface area (Å²) >= 11 is 7.84. The van der Waals surface area contributed by atoms with Gasteiger partial charge in [0.05, 0.1) is 16.6 Å². The molecule has 0 spiro atoms. The number of benzene rings is 2. The van der Waals surface area contributed by atoms with E-state index >= 15 is 0 Å². The molecule has 1 aromatic heterocycles. The van der Waals surface area contributed by atoms with Crippen LogP contribution < -0.4 is 5.32 Å². The number of aromatic nitrogens is 1. The molecule has 4 rings (SSSR count). The molecule has 8 heteroatoms. The number of thiazole rings is 1. The third-order valence-electron chi connectivity index (χ3n) is 5.65. The van der Waals surface area contributed by atoms with Gasteiger partial charge in [0.25, 0.3) is 0 Å². The number of hydrogen-bond donors (Lipinski definition) is 1. The number of hydrogen-bond acceptors (Lipinski definition) is 5. The first kappa shape index (κ1) is 23.4. The Balaban J connectivity index is 1.40. The standard InChI is InChI=1S/C25H27ClN4O2S/c1-29(2)11-6-12-30-15-18(14-23(30)31)24(32)27-19-8-5-7-17(13-19)22-16-33-25(28-22)20-9-3-4-10-21(20)26/h3-5,7-10,13,16,18H,6,11-12,14-15H2,1-2H3,(H,27,32). The van der Waals surface area contributed by atoms with Crippen molar-refractivity contribution in [3.8, 4) is 21.8 Å². The average molecular weight is 483 g/mol. The summed E-state index contributed by atoms with van der Waals surface area (Å²) in [6.45, 7) is 2.08. The summed E-state index contributed by atoms with van der Waals surface area (Å²) in [5.74, 6) is -0.394. The summed E-state index contributed by atoms with van der Waals surface area (Å²) in [4.78, 5) is 33.8. The van der Waals surface area contributed by atoms with E-state index in [1.54, 1.807) is 4.90 Å². The molecule has 0 radical (unpaired) electrons. The average Bonchev–Trinajstić information content (AvgIpc) is 3.42. The molecule has 1 aliphatic heterocycles. The molecule has 172 valence electrons. The lowest BCUT2D eigenvalue weighted by Crippen LogP contribution is -2.30. The van der Waals surface area contributed by atoms with Crippen molar-refractivity contribution < 1.29 is 9.59 Å². The fraction of sp³-hybridized carbons (Fsp3) is 0.320. The van der Waals surface area contributed by atoms with Crippen LogP contribution in [0.1, 0.15) is 12.8 Å². The van der Waals surface area contributed by atoms with Crippen LogP contribution in [0.3, 0.4) is 0 Å². The Hall–Kier alpha value is -2.74. The van der Waals surface area contributed by atoms with E-state index in [1.807, 2.05) is 68.0 Å². The molecule has 0 aliphatic carbocycles. The minimum atomic E-state index is -0.327. The monoisotopic (exact) mass is 482 g/mol. The summed E-state index contributed by atoms with van der Waals surface area (Å²) in [6.07, 6.45) is 1.17. The Morgan fingerprint density at radius 2 is 2.06 bits per heavy atom. The van der Waals surface area contributed by atoms with Crippen LogP contribution in [0, 0.1) is 5.92 Å². The molecule has 1 atom stereocenters. The Morgan fingerprint density at radius 3 is 2.85 bits per heavy atom. The zero-order valence-corrected chi connectivity index (χ0v) is 20.3. The van der Waals surface area contributed by atoms with Gasteiger partial charge in [-0.3, -0.25) is 9.59 Å². The second-order valence-corrected chi connectivity index (χ2v) is 9.75. The highest BCUT2D eigenvalue weighted by Gasteiger charge is 2.34. The fourth-order valence-electron chi connectivity index (χ4n) is 3.91. The third kappa shape index (κ3) is 5.79. The lowest BCUT2D eigenvalue weighted by molar-refractivity contribution is -0.128. The quantitative estimate of drug-likeness (QED) is 0.497. The minimum absolute atomic E-state index is 0.0530. The van der Waals surface area contributed by atoms with E-state index < -0.39 is 0 Å². The van der Waals surface area contributed by atoms with Gasteiger partial charge in [0.2, 0.25) is 11.8 Å². The highest BCUT2D eigenvalue weighted by atomic mass is 35.5. The maximum absolute atomic E-state index is 12.8. The lowest BCUT2D eigenvalue weighted by Gasteiger charge is -2.18. The molecule has 1 N–H and O–H groups in total. The Bertz CT molecular complexity index is 1150. The van der Waals surface area contributed by atoms with Crippen molar-refractivity contribution in [2.45, 2.75) is 12.8 Å². The first-order valence-electron chi connectivity index (χ1n) is 10.9. The summed E-state index contributed by atoms with van der Waals surface area (Å²) in [5.41, 5.74) is 3.34. The number of nitrogens with one attached hydrogen (secondary N) is 1. The molecular weight excluding hydrogens is 456 g/mol. The first-order chi connectivity index (χ1) is 15.9. The predicted molar refractivity (Wildman–Crippen MR) is 134 cm³/mol. The van der Waals surface area contributed by atoms with Crippen molar-refractivity contribution in [1.82, 2.24) is 14.8 Å². The van der Waals surface area contributed by atoms with Crippen molar-refractivity contribution in [2.75, 3.05) is 39.0 Å². The molecule has 2 amide bonds. The van der Waals surface area contributed by atoms with Gasteiger partial charge in [-0.15, -0.1) is 11.3 Å². The van der Waals surface area contributed by atoms with Crippen molar-refractivity contribution in [1.29, 1.82) is 0 Å². The highest BCUT2D eigenvalue weighted by molar-refractivity contribution is 7.13. The molecule has 6 nitrogen and oxygen atoms in total. The van der Waals surface area contributed by atoms with E-state index in [-0.39, 0.29) is 24.2 Å². The van der Waals surface area contributed by atoms with Gasteiger partial charge in [-0.1, -0.05) is 41.9 Å². The molecule has 1 saturated heterocycles. The molecule has 1 fully saturated rings. The molecule has 3 aromatic rings. The van der Waals surface area contributed by atoms with Crippen LogP contribution in [0.25, 0.3) is 21.8 Å². The summed E-state index contributed by atoms with van der Waals surface area (Å²) in [5, 5.41) is 6.49. The second kappa shape index (κ2) is 10.5. The number of rotatable bonds is 8. The predicted octanol–water partition coefficient (Wildman–Crippen LogP) is 4.87. The fourth-order valence-corrected chi connectivity index (χ4v) is 5.06.